The van der Waals surface area contributed by atoms with E-state index in [-0.39, 0.29) is 7.33 Å². The van der Waals surface area contributed by atoms with E-state index < -0.39 is 0 Å². The van der Waals surface area contributed by atoms with Crippen molar-refractivity contribution in [1.29, 1.82) is 0 Å². The molecule has 0 aliphatic rings. The Morgan fingerprint density at radius 3 is 2.46 bits per heavy atom. The lowest BCUT2D eigenvalue weighted by Gasteiger charge is -2.01. The van der Waals surface area contributed by atoms with Gasteiger partial charge in [-0.3, -0.25) is 4.79 Å². The normalized spacial score (nSPS) is 9.69. The fraction of sp³-hybridized carbons (Fsp3) is 0.364. The fourth-order valence-corrected chi connectivity index (χ4v) is 1.26. The quantitative estimate of drug-likeness (QED) is 0.757. The van der Waals surface area contributed by atoms with Crippen LogP contribution in [0.2, 0.25) is 0 Å². The lowest BCUT2D eigenvalue weighted by molar-refractivity contribution is 0.0963. The molecule has 0 saturated heterocycles. The fourth-order valence-electron chi connectivity index (χ4n) is 1.26. The number of hydrogen-bond donors (Lipinski definition) is 1. The predicted octanol–water partition coefficient (Wildman–Crippen LogP) is 2.24. The lowest BCUT2D eigenvalue weighted by Crippen LogP contribution is -2.17. The van der Waals surface area contributed by atoms with Gasteiger partial charge in [0.2, 0.25) is 0 Å². The summed E-state index contributed by atoms with van der Waals surface area (Å²) in [5, 5.41) is 2.59. The molecule has 0 heterocycles. The van der Waals surface area contributed by atoms with Crippen LogP contribution < -0.4 is 5.32 Å². The minimum Gasteiger partial charge on any atom is -0.355 e. The van der Waals surface area contributed by atoms with Gasteiger partial charge >= 0.3 is 0 Å². The molecule has 0 unspecified atom stereocenters. The topological polar surface area (TPSA) is 29.1 Å². The van der Waals surface area contributed by atoms with E-state index in [4.69, 9.17) is 0 Å². The molecule has 72 valence electrons. The van der Waals surface area contributed by atoms with E-state index in [0.717, 1.165) is 18.4 Å². The molecule has 1 rings (SSSR count). The second-order valence-electron chi connectivity index (χ2n) is 3.03. The molecule has 2 nitrogen and oxygen atoms in total. The zero-order valence-corrected chi connectivity index (χ0v) is 8.13. The zero-order valence-electron chi connectivity index (χ0n) is 8.13. The van der Waals surface area contributed by atoms with Crippen LogP contribution in [0.15, 0.2) is 24.3 Å². The van der Waals surface area contributed by atoms with Gasteiger partial charge in [0.05, 0.1) is 0 Å². The minimum absolute atomic E-state index is 0. The van der Waals surface area contributed by atoms with Gasteiger partial charge in [0.25, 0.3) is 5.91 Å². The Labute approximate surface area is 80.5 Å². The van der Waals surface area contributed by atoms with Crippen molar-refractivity contribution in [3.8, 4) is 0 Å². The van der Waals surface area contributed by atoms with Crippen LogP contribution in [-0.4, -0.2) is 13.0 Å². The molecule has 0 fully saturated rings. The maximum absolute atomic E-state index is 11.2. The van der Waals surface area contributed by atoms with Gasteiger partial charge in [0.15, 0.2) is 0 Å². The molecule has 0 atom stereocenters. The summed E-state index contributed by atoms with van der Waals surface area (Å²) < 4.78 is 0. The largest absolute Gasteiger partial charge is 0.355 e. The van der Waals surface area contributed by atoms with E-state index in [2.05, 4.69) is 12.2 Å². The van der Waals surface area contributed by atoms with Gasteiger partial charge in [-0.25, -0.2) is 0 Å². The third kappa shape index (κ3) is 2.58. The van der Waals surface area contributed by atoms with Crippen LogP contribution >= 0.6 is 0 Å². The van der Waals surface area contributed by atoms with Crippen LogP contribution in [0.1, 0.15) is 30.7 Å². The highest BCUT2D eigenvalue weighted by Crippen LogP contribution is 2.06. The SMILES string of the molecule is CCCc1ccc(C(=O)NC)cc1.[HH]. The minimum atomic E-state index is -0.0250. The summed E-state index contributed by atoms with van der Waals surface area (Å²) in [4.78, 5) is 11.2. The smallest absolute Gasteiger partial charge is 0.251 e. The van der Waals surface area contributed by atoms with Crippen LogP contribution in [-0.2, 0) is 6.42 Å². The zero-order chi connectivity index (χ0) is 9.68. The highest BCUT2D eigenvalue weighted by atomic mass is 16.1. The van der Waals surface area contributed by atoms with Crippen molar-refractivity contribution in [2.24, 2.45) is 0 Å². The van der Waals surface area contributed by atoms with Crippen molar-refractivity contribution >= 4 is 5.91 Å². The predicted molar refractivity (Wildman–Crippen MR) is 55.9 cm³/mol. The number of carbonyl (C=O) groups excluding carboxylic acids is 1. The van der Waals surface area contributed by atoms with E-state index in [9.17, 15) is 4.79 Å². The summed E-state index contributed by atoms with van der Waals surface area (Å²) in [5.74, 6) is -0.0250. The number of hydrogen-bond acceptors (Lipinski definition) is 1. The van der Waals surface area contributed by atoms with Crippen molar-refractivity contribution in [3.63, 3.8) is 0 Å². The molecule has 1 N–H and O–H groups in total. The summed E-state index contributed by atoms with van der Waals surface area (Å²) in [6.07, 6.45) is 2.22. The molecule has 0 aliphatic carbocycles. The van der Waals surface area contributed by atoms with E-state index in [0.29, 0.717) is 0 Å². The molecule has 1 aromatic rings. The highest BCUT2D eigenvalue weighted by Gasteiger charge is 2.00. The maximum Gasteiger partial charge on any atom is 0.251 e. The summed E-state index contributed by atoms with van der Waals surface area (Å²) in [6.45, 7) is 2.15. The summed E-state index contributed by atoms with van der Waals surface area (Å²) in [6, 6.07) is 7.75. The van der Waals surface area contributed by atoms with Crippen LogP contribution in [0.5, 0.6) is 0 Å². The van der Waals surface area contributed by atoms with Gasteiger partial charge in [-0.2, -0.15) is 0 Å². The number of carbonyl (C=O) groups is 1. The van der Waals surface area contributed by atoms with Crippen molar-refractivity contribution < 1.29 is 6.22 Å². The van der Waals surface area contributed by atoms with E-state index in [1.165, 1.54) is 5.56 Å². The first kappa shape index (κ1) is 9.78. The Kier molecular flexibility index (Phi) is 3.50. The van der Waals surface area contributed by atoms with Crippen LogP contribution in [0, 0.1) is 0 Å². The first-order valence-corrected chi connectivity index (χ1v) is 4.59. The first-order valence-electron chi connectivity index (χ1n) is 4.59. The number of amides is 1. The molecule has 2 heteroatoms. The second kappa shape index (κ2) is 4.65. The van der Waals surface area contributed by atoms with Gasteiger partial charge in [-0.1, -0.05) is 25.5 Å². The first-order chi connectivity index (χ1) is 6.27. The third-order valence-corrected chi connectivity index (χ3v) is 1.98. The number of benzene rings is 1. The second-order valence-corrected chi connectivity index (χ2v) is 3.03. The molecule has 0 aliphatic heterocycles. The molecule has 13 heavy (non-hydrogen) atoms. The van der Waals surface area contributed by atoms with Crippen molar-refractivity contribution in [2.75, 3.05) is 7.05 Å². The van der Waals surface area contributed by atoms with Gasteiger partial charge in [-0.05, 0) is 24.1 Å². The monoisotopic (exact) mass is 179 g/mol. The Bertz CT molecular complexity index is 282. The van der Waals surface area contributed by atoms with E-state index in [1.54, 1.807) is 7.05 Å². The molecule has 0 spiro atoms. The summed E-state index contributed by atoms with van der Waals surface area (Å²) in [5.41, 5.74) is 2.01. The average molecular weight is 179 g/mol. The van der Waals surface area contributed by atoms with Crippen LogP contribution in [0.4, 0.5) is 0 Å². The molecular weight excluding hydrogens is 162 g/mol. The molecular formula is C11H17NO. The number of aryl methyl sites for hydroxylation is 1. The third-order valence-electron chi connectivity index (χ3n) is 1.98. The summed E-state index contributed by atoms with van der Waals surface area (Å²) in [7, 11) is 1.64. The van der Waals surface area contributed by atoms with Crippen LogP contribution in [0.25, 0.3) is 0 Å². The van der Waals surface area contributed by atoms with Gasteiger partial charge < -0.3 is 5.32 Å². The number of rotatable bonds is 3. The van der Waals surface area contributed by atoms with E-state index >= 15 is 0 Å². The average Bonchev–Trinajstić information content (AvgIpc) is 2.18. The molecule has 1 amide bonds. The summed E-state index contributed by atoms with van der Waals surface area (Å²) >= 11 is 0. The molecule has 1 aromatic carbocycles. The molecule has 0 aromatic heterocycles. The molecule has 0 bridgehead atoms. The van der Waals surface area contributed by atoms with Crippen molar-refractivity contribution in [3.05, 3.63) is 35.4 Å². The Morgan fingerprint density at radius 2 is 2.00 bits per heavy atom. The molecule has 0 saturated carbocycles. The Balaban J connectivity index is 0.00000169. The van der Waals surface area contributed by atoms with Gasteiger partial charge in [-0.15, -0.1) is 0 Å². The lowest BCUT2D eigenvalue weighted by atomic mass is 10.1. The van der Waals surface area contributed by atoms with Gasteiger partial charge in [0, 0.05) is 14.0 Å². The Hall–Kier alpha value is -1.31. The maximum atomic E-state index is 11.2. The standard InChI is InChI=1S/C11H15NO.H2/c1-3-4-9-5-7-10(8-6-9)11(13)12-2;/h5-8H,3-4H2,1-2H3,(H,12,13);1H. The molecule has 0 radical (unpaired) electrons. The highest BCUT2D eigenvalue weighted by molar-refractivity contribution is 5.93. The Morgan fingerprint density at radius 1 is 1.38 bits per heavy atom. The van der Waals surface area contributed by atoms with Crippen molar-refractivity contribution in [1.82, 2.24) is 5.32 Å². The van der Waals surface area contributed by atoms with Gasteiger partial charge in [0.1, 0.15) is 0 Å². The number of nitrogens with one attached hydrogen (secondary N) is 1. The van der Waals surface area contributed by atoms with E-state index in [1.807, 2.05) is 24.3 Å². The van der Waals surface area contributed by atoms with Crippen LogP contribution in [0.3, 0.4) is 0 Å². The van der Waals surface area contributed by atoms with Crippen molar-refractivity contribution in [2.45, 2.75) is 19.8 Å².